The maximum atomic E-state index is 12.7. The molecule has 0 aromatic heterocycles. The number of aryl methyl sites for hydroxylation is 1. The van der Waals surface area contributed by atoms with Crippen LogP contribution >= 0.6 is 0 Å². The van der Waals surface area contributed by atoms with E-state index < -0.39 is 15.9 Å². The highest BCUT2D eigenvalue weighted by Gasteiger charge is 2.27. The summed E-state index contributed by atoms with van der Waals surface area (Å²) < 4.78 is 26.1. The summed E-state index contributed by atoms with van der Waals surface area (Å²) in [7, 11) is -3.96. The first-order chi connectivity index (χ1) is 11.8. The molecule has 25 heavy (non-hydrogen) atoms. The van der Waals surface area contributed by atoms with Gasteiger partial charge < -0.3 is 0 Å². The Kier molecular flexibility index (Phi) is 6.12. The van der Waals surface area contributed by atoms with Gasteiger partial charge in [-0.1, -0.05) is 60.2 Å². The number of hydrogen-bond acceptors (Lipinski definition) is 4. The number of amides is 1. The number of carbonyl (C=O) groups excluding carboxylic acids is 1. The fraction of sp³-hybridized carbons (Fsp3) is 0.211. The van der Waals surface area contributed by atoms with Crippen LogP contribution in [0.3, 0.4) is 0 Å². The molecule has 1 amide bonds. The van der Waals surface area contributed by atoms with Gasteiger partial charge in [0.25, 0.3) is 10.0 Å². The molecule has 1 atom stereocenters. The molecule has 0 saturated heterocycles. The van der Waals surface area contributed by atoms with Gasteiger partial charge in [0, 0.05) is 13.0 Å². The minimum absolute atomic E-state index is 0.0695. The van der Waals surface area contributed by atoms with E-state index in [1.165, 1.54) is 19.1 Å². The van der Waals surface area contributed by atoms with Crippen LogP contribution in [0.4, 0.5) is 0 Å². The zero-order valence-corrected chi connectivity index (χ0v) is 15.3. The molecule has 6 heteroatoms. The molecule has 0 heterocycles. The van der Waals surface area contributed by atoms with Crippen molar-refractivity contribution < 1.29 is 13.2 Å². The first kappa shape index (κ1) is 18.9. The lowest BCUT2D eigenvalue weighted by Gasteiger charge is -2.24. The molecule has 0 radical (unpaired) electrons. The van der Waals surface area contributed by atoms with Crippen LogP contribution in [0.5, 0.6) is 0 Å². The van der Waals surface area contributed by atoms with Gasteiger partial charge in [0.15, 0.2) is 0 Å². The molecule has 0 aliphatic heterocycles. The largest absolute Gasteiger partial charge is 0.280 e. The van der Waals surface area contributed by atoms with Crippen LogP contribution in [0.25, 0.3) is 6.08 Å². The molecule has 132 valence electrons. The number of rotatable bonds is 6. The molecule has 0 aliphatic carbocycles. The second-order valence-electron chi connectivity index (χ2n) is 5.79. The summed E-state index contributed by atoms with van der Waals surface area (Å²) in [5, 5.41) is 0. The van der Waals surface area contributed by atoms with Crippen molar-refractivity contribution in [2.24, 2.45) is 0 Å². The van der Waals surface area contributed by atoms with Crippen molar-refractivity contribution in [1.82, 2.24) is 9.84 Å². The molecule has 2 aromatic rings. The quantitative estimate of drug-likeness (QED) is 0.806. The topological polar surface area (TPSA) is 66.5 Å². The average Bonchev–Trinajstić information content (AvgIpc) is 2.58. The summed E-state index contributed by atoms with van der Waals surface area (Å²) in [6.07, 6.45) is 3.67. The second-order valence-corrected chi connectivity index (χ2v) is 7.58. The molecule has 1 unspecified atom stereocenters. The van der Waals surface area contributed by atoms with Crippen LogP contribution < -0.4 is 5.43 Å². The fourth-order valence-electron chi connectivity index (χ4n) is 2.19. The zero-order chi connectivity index (χ0) is 18.4. The van der Waals surface area contributed by atoms with Crippen molar-refractivity contribution in [1.29, 1.82) is 0 Å². The maximum absolute atomic E-state index is 12.7. The van der Waals surface area contributed by atoms with Gasteiger partial charge in [-0.05, 0) is 31.5 Å². The lowest BCUT2D eigenvalue weighted by Crippen LogP contribution is -2.49. The van der Waals surface area contributed by atoms with Gasteiger partial charge in [0.05, 0.1) is 4.90 Å². The van der Waals surface area contributed by atoms with Gasteiger partial charge in [-0.15, -0.1) is 0 Å². The smallest absolute Gasteiger partial charge is 0.273 e. The van der Waals surface area contributed by atoms with E-state index in [0.29, 0.717) is 4.41 Å². The third-order valence-electron chi connectivity index (χ3n) is 3.54. The zero-order valence-electron chi connectivity index (χ0n) is 14.5. The van der Waals surface area contributed by atoms with Crippen molar-refractivity contribution >= 4 is 22.0 Å². The predicted molar refractivity (Wildman–Crippen MR) is 99.0 cm³/mol. The Hall–Kier alpha value is -2.44. The van der Waals surface area contributed by atoms with Crippen LogP contribution in [-0.4, -0.2) is 24.8 Å². The molecule has 2 rings (SSSR count). The number of hydrazine groups is 1. The normalized spacial score (nSPS) is 12.9. The van der Waals surface area contributed by atoms with Crippen molar-refractivity contribution in [3.05, 3.63) is 71.8 Å². The fourth-order valence-corrected chi connectivity index (χ4v) is 3.53. The number of carbonyl (C=O) groups is 1. The first-order valence-corrected chi connectivity index (χ1v) is 9.36. The van der Waals surface area contributed by atoms with Crippen LogP contribution in [0.2, 0.25) is 0 Å². The highest BCUT2D eigenvalue weighted by atomic mass is 32.2. The molecular formula is C19H22N2O3S. The lowest BCUT2D eigenvalue weighted by molar-refractivity contribution is -0.126. The molecule has 5 nitrogen and oxygen atoms in total. The SMILES string of the molecule is CC(=O)N(NC(C)/C=C/c1ccccc1)S(=O)(=O)c1ccc(C)cc1. The Morgan fingerprint density at radius 3 is 2.24 bits per heavy atom. The van der Waals surface area contributed by atoms with E-state index in [1.807, 2.05) is 43.3 Å². The number of nitrogens with one attached hydrogen (secondary N) is 1. The van der Waals surface area contributed by atoms with E-state index in [4.69, 9.17) is 0 Å². The Bertz CT molecular complexity index is 844. The van der Waals surface area contributed by atoms with Gasteiger partial charge in [-0.3, -0.25) is 4.79 Å². The minimum atomic E-state index is -3.96. The van der Waals surface area contributed by atoms with Gasteiger partial charge in [0.1, 0.15) is 0 Å². The third-order valence-corrected chi connectivity index (χ3v) is 5.25. The Morgan fingerprint density at radius 1 is 1.08 bits per heavy atom. The van der Waals surface area contributed by atoms with Crippen molar-refractivity contribution in [2.75, 3.05) is 0 Å². The average molecular weight is 358 g/mol. The predicted octanol–water partition coefficient (Wildman–Crippen LogP) is 3.14. The van der Waals surface area contributed by atoms with Crippen molar-refractivity contribution in [3.63, 3.8) is 0 Å². The molecule has 2 aromatic carbocycles. The minimum Gasteiger partial charge on any atom is -0.273 e. The molecule has 1 N–H and O–H groups in total. The van der Waals surface area contributed by atoms with Crippen molar-refractivity contribution in [2.45, 2.75) is 31.7 Å². The second kappa shape index (κ2) is 8.09. The van der Waals surface area contributed by atoms with Gasteiger partial charge in [-0.25, -0.2) is 5.43 Å². The number of nitrogens with zero attached hydrogens (tertiary/aromatic N) is 1. The highest BCUT2D eigenvalue weighted by molar-refractivity contribution is 7.89. The number of sulfonamides is 1. The van der Waals surface area contributed by atoms with Crippen LogP contribution in [0.1, 0.15) is 25.0 Å². The van der Waals surface area contributed by atoms with Crippen molar-refractivity contribution in [3.8, 4) is 0 Å². The number of benzene rings is 2. The van der Waals surface area contributed by atoms with Gasteiger partial charge in [0.2, 0.25) is 5.91 Å². The standard InChI is InChI=1S/C19H22N2O3S/c1-15-9-13-19(14-10-15)25(23,24)21(17(3)22)20-16(2)11-12-18-7-5-4-6-8-18/h4-14,16,20H,1-3H3/b12-11+. The highest BCUT2D eigenvalue weighted by Crippen LogP contribution is 2.15. The first-order valence-electron chi connectivity index (χ1n) is 7.92. The van der Waals surface area contributed by atoms with E-state index >= 15 is 0 Å². The summed E-state index contributed by atoms with van der Waals surface area (Å²) in [6, 6.07) is 15.7. The van der Waals surface area contributed by atoms with E-state index in [2.05, 4.69) is 5.43 Å². The molecule has 0 saturated carbocycles. The summed E-state index contributed by atoms with van der Waals surface area (Å²) in [4.78, 5) is 12.0. The third kappa shape index (κ3) is 5.01. The summed E-state index contributed by atoms with van der Waals surface area (Å²) >= 11 is 0. The summed E-state index contributed by atoms with van der Waals surface area (Å²) in [5.41, 5.74) is 4.69. The molecule has 0 bridgehead atoms. The van der Waals surface area contributed by atoms with Gasteiger partial charge in [-0.2, -0.15) is 12.8 Å². The van der Waals surface area contributed by atoms with Crippen LogP contribution in [-0.2, 0) is 14.8 Å². The monoisotopic (exact) mass is 358 g/mol. The Balaban J connectivity index is 2.19. The number of hydrogen-bond donors (Lipinski definition) is 1. The lowest BCUT2D eigenvalue weighted by atomic mass is 10.2. The molecule has 0 fully saturated rings. The molecular weight excluding hydrogens is 336 g/mol. The maximum Gasteiger partial charge on any atom is 0.280 e. The van der Waals surface area contributed by atoms with Crippen LogP contribution in [0, 0.1) is 6.92 Å². The van der Waals surface area contributed by atoms with Crippen LogP contribution in [0.15, 0.2) is 65.6 Å². The van der Waals surface area contributed by atoms with E-state index in [1.54, 1.807) is 25.1 Å². The summed E-state index contributed by atoms with van der Waals surface area (Å²) in [6.45, 7) is 4.86. The Morgan fingerprint density at radius 2 is 1.68 bits per heavy atom. The summed E-state index contributed by atoms with van der Waals surface area (Å²) in [5.74, 6) is -0.597. The van der Waals surface area contributed by atoms with E-state index in [0.717, 1.165) is 11.1 Å². The molecule has 0 spiro atoms. The Labute approximate surface area is 149 Å². The van der Waals surface area contributed by atoms with E-state index in [9.17, 15) is 13.2 Å². The van der Waals surface area contributed by atoms with Gasteiger partial charge >= 0.3 is 0 Å². The van der Waals surface area contributed by atoms with E-state index in [-0.39, 0.29) is 10.9 Å². The molecule has 0 aliphatic rings.